The minimum Gasteiger partial charge on any atom is -0.288 e. The maximum absolute atomic E-state index is 12.7. The fraction of sp³-hybridized carbons (Fsp3) is 0.158. The minimum absolute atomic E-state index is 0.0807. The summed E-state index contributed by atoms with van der Waals surface area (Å²) in [5.41, 5.74) is 5.81. The molecule has 2 heteroatoms. The van der Waals surface area contributed by atoms with Gasteiger partial charge in [-0.25, -0.2) is 0 Å². The van der Waals surface area contributed by atoms with E-state index in [-0.39, 0.29) is 12.2 Å². The summed E-state index contributed by atoms with van der Waals surface area (Å²) in [6.07, 6.45) is 0.253. The summed E-state index contributed by atoms with van der Waals surface area (Å²) in [7, 11) is 0. The molecular weight excluding hydrogens is 263 g/mol. The van der Waals surface area contributed by atoms with Crippen LogP contribution in [0.3, 0.4) is 0 Å². The molecule has 0 spiro atoms. The van der Waals surface area contributed by atoms with Gasteiger partial charge in [0, 0.05) is 23.1 Å². The average Bonchev–Trinajstić information content (AvgIpc) is 2.55. The number of ketones is 1. The van der Waals surface area contributed by atoms with Crippen molar-refractivity contribution in [1.82, 2.24) is 0 Å². The first-order chi connectivity index (χ1) is 10.2. The third kappa shape index (κ3) is 4.01. The van der Waals surface area contributed by atoms with Gasteiger partial charge in [-0.1, -0.05) is 60.7 Å². The molecule has 0 saturated carbocycles. The Morgan fingerprint density at radius 1 is 0.952 bits per heavy atom. The number of carbonyl (C=O) groups is 1. The van der Waals surface area contributed by atoms with Gasteiger partial charge in [0.05, 0.1) is 6.67 Å². The molecule has 0 amide bonds. The van der Waals surface area contributed by atoms with Gasteiger partial charge in [0.2, 0.25) is 0 Å². The summed E-state index contributed by atoms with van der Waals surface area (Å²) in [5, 5.41) is 0. The lowest BCUT2D eigenvalue weighted by molar-refractivity contribution is 0.103. The van der Waals surface area contributed by atoms with Crippen LogP contribution in [-0.2, 0) is 0 Å². The Hall–Kier alpha value is -2.44. The Morgan fingerprint density at radius 2 is 1.48 bits per heavy atom. The molecule has 0 N–H and O–H groups in total. The van der Waals surface area contributed by atoms with Gasteiger partial charge < -0.3 is 0 Å². The second-order valence-electron chi connectivity index (χ2n) is 4.73. The fourth-order valence-electron chi connectivity index (χ4n) is 2.10. The first-order valence-corrected chi connectivity index (χ1v) is 6.90. The van der Waals surface area contributed by atoms with E-state index in [0.29, 0.717) is 11.1 Å². The Balaban J connectivity index is 2.42. The highest BCUT2D eigenvalue weighted by atomic mass is 19.1. The van der Waals surface area contributed by atoms with E-state index in [1.165, 1.54) is 0 Å². The Bertz CT molecular complexity index is 665. The normalized spacial score (nSPS) is 9.81. The molecule has 2 aromatic rings. The number of benzene rings is 2. The van der Waals surface area contributed by atoms with Gasteiger partial charge in [-0.05, 0) is 12.5 Å². The van der Waals surface area contributed by atoms with Crippen molar-refractivity contribution in [3.05, 3.63) is 83.1 Å². The zero-order valence-corrected chi connectivity index (χ0v) is 12.0. The maximum atomic E-state index is 12.7. The van der Waals surface area contributed by atoms with E-state index in [1.54, 1.807) is 19.1 Å². The van der Waals surface area contributed by atoms with Crippen molar-refractivity contribution >= 4 is 11.4 Å². The highest BCUT2D eigenvalue weighted by Gasteiger charge is 2.08. The highest BCUT2D eigenvalue weighted by molar-refractivity contribution is 6.08. The van der Waals surface area contributed by atoms with Crippen molar-refractivity contribution in [2.24, 2.45) is 0 Å². The van der Waals surface area contributed by atoms with Crippen molar-refractivity contribution in [3.63, 3.8) is 0 Å². The molecule has 0 fully saturated rings. The summed E-state index contributed by atoms with van der Waals surface area (Å²) in [6.45, 7) is 1.25. The SMILES string of the molecule is CC(=C=C(CCF)c1ccccc1)C(=O)c1ccccc1. The largest absolute Gasteiger partial charge is 0.288 e. The first kappa shape index (κ1) is 15.0. The van der Waals surface area contributed by atoms with Gasteiger partial charge in [-0.2, -0.15) is 0 Å². The quantitative estimate of drug-likeness (QED) is 0.434. The molecule has 0 radical (unpaired) electrons. The molecule has 0 aliphatic heterocycles. The summed E-state index contributed by atoms with van der Waals surface area (Å²) in [5.74, 6) is -0.0807. The van der Waals surface area contributed by atoms with Gasteiger partial charge in [0.25, 0.3) is 0 Å². The van der Waals surface area contributed by atoms with Crippen molar-refractivity contribution in [3.8, 4) is 0 Å². The smallest absolute Gasteiger partial charge is 0.196 e. The Labute approximate surface area is 124 Å². The van der Waals surface area contributed by atoms with E-state index in [1.807, 2.05) is 48.5 Å². The van der Waals surface area contributed by atoms with Gasteiger partial charge in [-0.15, -0.1) is 5.73 Å². The lowest BCUT2D eigenvalue weighted by Crippen LogP contribution is -1.99. The van der Waals surface area contributed by atoms with Crippen LogP contribution >= 0.6 is 0 Å². The number of hydrogen-bond acceptors (Lipinski definition) is 1. The third-order valence-corrected chi connectivity index (χ3v) is 3.18. The van der Waals surface area contributed by atoms with E-state index < -0.39 is 6.67 Å². The van der Waals surface area contributed by atoms with Crippen molar-refractivity contribution in [2.45, 2.75) is 13.3 Å². The van der Waals surface area contributed by atoms with E-state index in [9.17, 15) is 9.18 Å². The molecule has 0 aromatic heterocycles. The fourth-order valence-corrected chi connectivity index (χ4v) is 2.10. The first-order valence-electron chi connectivity index (χ1n) is 6.90. The van der Waals surface area contributed by atoms with E-state index in [0.717, 1.165) is 11.1 Å². The zero-order valence-electron chi connectivity index (χ0n) is 12.0. The van der Waals surface area contributed by atoms with Crippen LogP contribution in [0.25, 0.3) is 5.57 Å². The van der Waals surface area contributed by atoms with Crippen LogP contribution in [0.2, 0.25) is 0 Å². The van der Waals surface area contributed by atoms with Crippen LogP contribution in [0, 0.1) is 0 Å². The molecule has 2 rings (SSSR count). The van der Waals surface area contributed by atoms with Crippen LogP contribution in [0.5, 0.6) is 0 Å². The molecule has 0 heterocycles. The second kappa shape index (κ2) is 7.37. The molecule has 1 nitrogen and oxygen atoms in total. The van der Waals surface area contributed by atoms with Crippen molar-refractivity contribution < 1.29 is 9.18 Å². The number of hydrogen-bond donors (Lipinski definition) is 0. The summed E-state index contributed by atoms with van der Waals surface area (Å²) >= 11 is 0. The standard InChI is InChI=1S/C19H17FO/c1-15(19(21)17-10-6-3-7-11-17)14-18(12-13-20)16-8-4-2-5-9-16/h2-11H,12-13H2,1H3. The van der Waals surface area contributed by atoms with Crippen molar-refractivity contribution in [2.75, 3.05) is 6.67 Å². The van der Waals surface area contributed by atoms with Gasteiger partial charge in [0.1, 0.15) is 0 Å². The van der Waals surface area contributed by atoms with Gasteiger partial charge in [0.15, 0.2) is 5.78 Å². The third-order valence-electron chi connectivity index (χ3n) is 3.18. The number of rotatable bonds is 5. The predicted molar refractivity (Wildman–Crippen MR) is 83.9 cm³/mol. The maximum Gasteiger partial charge on any atom is 0.196 e. The zero-order chi connectivity index (χ0) is 15.1. The summed E-state index contributed by atoms with van der Waals surface area (Å²) in [6, 6.07) is 18.5. The van der Waals surface area contributed by atoms with Crippen LogP contribution < -0.4 is 0 Å². The van der Waals surface area contributed by atoms with E-state index in [4.69, 9.17) is 0 Å². The Kier molecular flexibility index (Phi) is 5.25. The highest BCUT2D eigenvalue weighted by Crippen LogP contribution is 2.18. The number of Topliss-reactive ketones (excluding diaryl/α,β-unsaturated/α-hetero) is 1. The molecule has 0 aliphatic rings. The van der Waals surface area contributed by atoms with Gasteiger partial charge >= 0.3 is 0 Å². The number of halogens is 1. The number of allylic oxidation sites excluding steroid dienone is 1. The molecule has 0 aliphatic carbocycles. The molecule has 0 atom stereocenters. The molecule has 0 bridgehead atoms. The van der Waals surface area contributed by atoms with Gasteiger partial charge in [-0.3, -0.25) is 9.18 Å². The number of carbonyl (C=O) groups excluding carboxylic acids is 1. The molecule has 0 unspecified atom stereocenters. The van der Waals surface area contributed by atoms with Crippen LogP contribution in [0.1, 0.15) is 29.3 Å². The molecule has 2 aromatic carbocycles. The molecule has 21 heavy (non-hydrogen) atoms. The summed E-state index contributed by atoms with van der Waals surface area (Å²) < 4.78 is 12.7. The average molecular weight is 280 g/mol. The topological polar surface area (TPSA) is 17.1 Å². The predicted octanol–water partition coefficient (Wildman–Crippen LogP) is 4.86. The van der Waals surface area contributed by atoms with Crippen LogP contribution in [0.15, 0.2) is 72.0 Å². The van der Waals surface area contributed by atoms with Crippen LogP contribution in [0.4, 0.5) is 4.39 Å². The van der Waals surface area contributed by atoms with Crippen LogP contribution in [-0.4, -0.2) is 12.5 Å². The summed E-state index contributed by atoms with van der Waals surface area (Å²) in [4.78, 5) is 12.3. The van der Waals surface area contributed by atoms with E-state index in [2.05, 4.69) is 5.73 Å². The molecule has 106 valence electrons. The van der Waals surface area contributed by atoms with Crippen molar-refractivity contribution in [1.29, 1.82) is 0 Å². The van der Waals surface area contributed by atoms with E-state index >= 15 is 0 Å². The number of alkyl halides is 1. The monoisotopic (exact) mass is 280 g/mol. The molecule has 0 saturated heterocycles. The lowest BCUT2D eigenvalue weighted by Gasteiger charge is -2.03. The second-order valence-corrected chi connectivity index (χ2v) is 4.73. The minimum atomic E-state index is -0.468. The lowest BCUT2D eigenvalue weighted by atomic mass is 10.0. The molecular formula is C19H17FO. The Morgan fingerprint density at radius 3 is 2.00 bits per heavy atom.